The van der Waals surface area contributed by atoms with E-state index in [2.05, 4.69) is 9.72 Å². The number of methoxy groups -OCH3 is 1. The van der Waals surface area contributed by atoms with E-state index < -0.39 is 17.6 Å². The molecular formula is C13H9F2NO2. The number of halogens is 2. The van der Waals surface area contributed by atoms with Gasteiger partial charge in [0, 0.05) is 11.6 Å². The highest BCUT2D eigenvalue weighted by Crippen LogP contribution is 2.21. The molecule has 3 nitrogen and oxygen atoms in total. The Labute approximate surface area is 102 Å². The Morgan fingerprint density at radius 1 is 1.22 bits per heavy atom. The number of ether oxygens (including phenoxy) is 1. The van der Waals surface area contributed by atoms with Crippen molar-refractivity contribution in [2.75, 3.05) is 7.11 Å². The second-order valence-electron chi connectivity index (χ2n) is 3.52. The zero-order valence-electron chi connectivity index (χ0n) is 9.48. The molecule has 18 heavy (non-hydrogen) atoms. The van der Waals surface area contributed by atoms with E-state index in [4.69, 9.17) is 0 Å². The van der Waals surface area contributed by atoms with E-state index >= 15 is 0 Å². The fourth-order valence-corrected chi connectivity index (χ4v) is 1.50. The molecule has 0 spiro atoms. The monoisotopic (exact) mass is 249 g/mol. The Kier molecular flexibility index (Phi) is 3.32. The largest absolute Gasteiger partial charge is 0.464 e. The van der Waals surface area contributed by atoms with Crippen molar-refractivity contribution >= 4 is 5.97 Å². The van der Waals surface area contributed by atoms with E-state index in [-0.39, 0.29) is 17.0 Å². The van der Waals surface area contributed by atoms with E-state index in [9.17, 15) is 13.6 Å². The first-order valence-corrected chi connectivity index (χ1v) is 5.12. The number of pyridine rings is 1. The number of benzene rings is 1. The SMILES string of the molecule is COC(=O)c1cccc(-c2ccc(F)cc2F)n1. The number of carbonyl (C=O) groups is 1. The topological polar surface area (TPSA) is 39.2 Å². The van der Waals surface area contributed by atoms with Gasteiger partial charge in [0.15, 0.2) is 0 Å². The lowest BCUT2D eigenvalue weighted by Gasteiger charge is -2.04. The van der Waals surface area contributed by atoms with E-state index in [0.717, 1.165) is 12.1 Å². The second-order valence-corrected chi connectivity index (χ2v) is 3.52. The molecule has 0 N–H and O–H groups in total. The van der Waals surface area contributed by atoms with Crippen LogP contribution in [0.5, 0.6) is 0 Å². The zero-order valence-corrected chi connectivity index (χ0v) is 9.48. The number of aromatic nitrogens is 1. The first-order valence-electron chi connectivity index (χ1n) is 5.12. The Morgan fingerprint density at radius 2 is 2.00 bits per heavy atom. The lowest BCUT2D eigenvalue weighted by Crippen LogP contribution is -2.04. The van der Waals surface area contributed by atoms with Crippen molar-refractivity contribution in [1.29, 1.82) is 0 Å². The molecule has 1 aromatic heterocycles. The number of carbonyl (C=O) groups excluding carboxylic acids is 1. The number of esters is 1. The summed E-state index contributed by atoms with van der Waals surface area (Å²) in [6.45, 7) is 0. The molecular weight excluding hydrogens is 240 g/mol. The van der Waals surface area contributed by atoms with Crippen molar-refractivity contribution in [3.8, 4) is 11.3 Å². The molecule has 0 saturated carbocycles. The van der Waals surface area contributed by atoms with Crippen molar-refractivity contribution in [1.82, 2.24) is 4.98 Å². The molecule has 0 aliphatic rings. The van der Waals surface area contributed by atoms with Gasteiger partial charge in [-0.3, -0.25) is 0 Å². The highest BCUT2D eigenvalue weighted by atomic mass is 19.1. The van der Waals surface area contributed by atoms with Gasteiger partial charge < -0.3 is 4.74 Å². The van der Waals surface area contributed by atoms with Crippen LogP contribution in [0.4, 0.5) is 8.78 Å². The van der Waals surface area contributed by atoms with Crippen LogP contribution in [0.1, 0.15) is 10.5 Å². The molecule has 0 aliphatic heterocycles. The predicted octanol–water partition coefficient (Wildman–Crippen LogP) is 2.81. The number of hydrogen-bond donors (Lipinski definition) is 0. The average molecular weight is 249 g/mol. The van der Waals surface area contributed by atoms with Crippen molar-refractivity contribution in [2.24, 2.45) is 0 Å². The molecule has 1 heterocycles. The summed E-state index contributed by atoms with van der Waals surface area (Å²) in [6, 6.07) is 7.71. The highest BCUT2D eigenvalue weighted by Gasteiger charge is 2.11. The summed E-state index contributed by atoms with van der Waals surface area (Å²) in [5.41, 5.74) is 0.441. The summed E-state index contributed by atoms with van der Waals surface area (Å²) in [4.78, 5) is 15.3. The van der Waals surface area contributed by atoms with Crippen LogP contribution in [0.15, 0.2) is 36.4 Å². The summed E-state index contributed by atoms with van der Waals surface area (Å²) < 4.78 is 30.9. The van der Waals surface area contributed by atoms with E-state index in [1.807, 2.05) is 0 Å². The Morgan fingerprint density at radius 3 is 2.67 bits per heavy atom. The minimum absolute atomic E-state index is 0.0683. The van der Waals surface area contributed by atoms with E-state index in [0.29, 0.717) is 0 Å². The van der Waals surface area contributed by atoms with Gasteiger partial charge in [0.1, 0.15) is 17.3 Å². The van der Waals surface area contributed by atoms with Gasteiger partial charge in [-0.15, -0.1) is 0 Å². The molecule has 0 unspecified atom stereocenters. The van der Waals surface area contributed by atoms with Gasteiger partial charge in [-0.1, -0.05) is 6.07 Å². The van der Waals surface area contributed by atoms with E-state index in [1.165, 1.54) is 25.3 Å². The molecule has 5 heteroatoms. The molecule has 0 amide bonds. The Balaban J connectivity index is 2.48. The van der Waals surface area contributed by atoms with Crippen LogP contribution in [0.2, 0.25) is 0 Å². The number of rotatable bonds is 2. The third-order valence-corrected chi connectivity index (χ3v) is 2.35. The van der Waals surface area contributed by atoms with Crippen molar-refractivity contribution in [3.05, 3.63) is 53.7 Å². The van der Waals surface area contributed by atoms with Crippen LogP contribution < -0.4 is 0 Å². The van der Waals surface area contributed by atoms with Crippen molar-refractivity contribution in [2.45, 2.75) is 0 Å². The summed E-state index contributed by atoms with van der Waals surface area (Å²) in [5.74, 6) is -2.01. The molecule has 0 fully saturated rings. The molecule has 0 atom stereocenters. The zero-order chi connectivity index (χ0) is 13.1. The molecule has 0 aliphatic carbocycles. The number of hydrogen-bond acceptors (Lipinski definition) is 3. The maximum Gasteiger partial charge on any atom is 0.356 e. The maximum atomic E-state index is 13.6. The number of nitrogens with zero attached hydrogens (tertiary/aromatic N) is 1. The maximum absolute atomic E-state index is 13.6. The third kappa shape index (κ3) is 2.34. The van der Waals surface area contributed by atoms with Crippen LogP contribution in [-0.4, -0.2) is 18.1 Å². The molecule has 0 saturated heterocycles. The Hall–Kier alpha value is -2.30. The summed E-state index contributed by atoms with van der Waals surface area (Å²) in [5, 5.41) is 0. The molecule has 0 radical (unpaired) electrons. The molecule has 0 bridgehead atoms. The molecule has 92 valence electrons. The normalized spacial score (nSPS) is 10.2. The lowest BCUT2D eigenvalue weighted by atomic mass is 10.1. The van der Waals surface area contributed by atoms with Gasteiger partial charge >= 0.3 is 5.97 Å². The van der Waals surface area contributed by atoms with Gasteiger partial charge in [-0.2, -0.15) is 0 Å². The van der Waals surface area contributed by atoms with Crippen LogP contribution in [0, 0.1) is 11.6 Å². The lowest BCUT2D eigenvalue weighted by molar-refractivity contribution is 0.0594. The second kappa shape index (κ2) is 4.91. The van der Waals surface area contributed by atoms with Gasteiger partial charge in [0.25, 0.3) is 0 Å². The van der Waals surface area contributed by atoms with Crippen molar-refractivity contribution in [3.63, 3.8) is 0 Å². The third-order valence-electron chi connectivity index (χ3n) is 2.35. The Bertz CT molecular complexity index is 599. The first-order chi connectivity index (χ1) is 8.61. The standard InChI is InChI=1S/C13H9F2NO2/c1-18-13(17)12-4-2-3-11(16-12)9-6-5-8(14)7-10(9)15/h2-7H,1H3. The summed E-state index contributed by atoms with van der Waals surface area (Å²) in [7, 11) is 1.23. The fourth-order valence-electron chi connectivity index (χ4n) is 1.50. The first kappa shape index (κ1) is 12.2. The molecule has 1 aromatic carbocycles. The van der Waals surface area contributed by atoms with Gasteiger partial charge in [-0.25, -0.2) is 18.6 Å². The smallest absolute Gasteiger partial charge is 0.356 e. The van der Waals surface area contributed by atoms with Crippen LogP contribution in [-0.2, 0) is 4.74 Å². The molecule has 2 rings (SSSR count). The fraction of sp³-hybridized carbons (Fsp3) is 0.0769. The molecule has 2 aromatic rings. The van der Waals surface area contributed by atoms with Gasteiger partial charge in [-0.05, 0) is 24.3 Å². The summed E-state index contributed by atoms with van der Waals surface area (Å²) >= 11 is 0. The van der Waals surface area contributed by atoms with Gasteiger partial charge in [0.05, 0.1) is 12.8 Å². The van der Waals surface area contributed by atoms with Crippen LogP contribution in [0.3, 0.4) is 0 Å². The van der Waals surface area contributed by atoms with Gasteiger partial charge in [0.2, 0.25) is 0 Å². The average Bonchev–Trinajstić information content (AvgIpc) is 2.38. The minimum Gasteiger partial charge on any atom is -0.464 e. The minimum atomic E-state index is -0.732. The van der Waals surface area contributed by atoms with Crippen LogP contribution >= 0.6 is 0 Å². The van der Waals surface area contributed by atoms with E-state index in [1.54, 1.807) is 6.07 Å². The van der Waals surface area contributed by atoms with Crippen molar-refractivity contribution < 1.29 is 18.3 Å². The summed E-state index contributed by atoms with van der Waals surface area (Å²) in [6.07, 6.45) is 0. The quantitative estimate of drug-likeness (QED) is 0.768. The van der Waals surface area contributed by atoms with Crippen LogP contribution in [0.25, 0.3) is 11.3 Å². The highest BCUT2D eigenvalue weighted by molar-refractivity contribution is 5.87. The predicted molar refractivity (Wildman–Crippen MR) is 60.9 cm³/mol.